The van der Waals surface area contributed by atoms with Crippen LogP contribution in [0.25, 0.3) is 0 Å². The summed E-state index contributed by atoms with van der Waals surface area (Å²) < 4.78 is 39.7. The molecule has 0 aromatic heterocycles. The van der Waals surface area contributed by atoms with Crippen LogP contribution in [0.4, 0.5) is 23.7 Å². The molecule has 2 amide bonds. The van der Waals surface area contributed by atoms with Crippen LogP contribution in [0.5, 0.6) is 0 Å². The molecular formula is C15H13F3N2O. The molecule has 0 spiro atoms. The Morgan fingerprint density at radius 1 is 1.10 bits per heavy atom. The second kappa shape index (κ2) is 6.30. The average Bonchev–Trinajstić information content (AvgIpc) is 2.44. The maximum Gasteiger partial charge on any atom is 0.321 e. The van der Waals surface area contributed by atoms with Gasteiger partial charge < -0.3 is 10.2 Å². The van der Waals surface area contributed by atoms with Crippen molar-refractivity contribution >= 4 is 11.7 Å². The summed E-state index contributed by atoms with van der Waals surface area (Å²) in [7, 11) is 1.45. The number of benzene rings is 2. The van der Waals surface area contributed by atoms with Crippen molar-refractivity contribution in [2.75, 3.05) is 12.4 Å². The summed E-state index contributed by atoms with van der Waals surface area (Å²) in [4.78, 5) is 13.1. The van der Waals surface area contributed by atoms with E-state index in [4.69, 9.17) is 0 Å². The predicted molar refractivity (Wildman–Crippen MR) is 73.2 cm³/mol. The van der Waals surface area contributed by atoms with Crippen LogP contribution in [0.1, 0.15) is 5.56 Å². The fraction of sp³-hybridized carbons (Fsp3) is 0.133. The van der Waals surface area contributed by atoms with Gasteiger partial charge in [0, 0.05) is 25.2 Å². The molecule has 0 radical (unpaired) electrons. The maximum absolute atomic E-state index is 13.5. The highest BCUT2D eigenvalue weighted by atomic mass is 19.1. The van der Waals surface area contributed by atoms with Gasteiger partial charge in [0.2, 0.25) is 0 Å². The first-order valence-corrected chi connectivity index (χ1v) is 6.18. The van der Waals surface area contributed by atoms with E-state index in [1.165, 1.54) is 18.0 Å². The van der Waals surface area contributed by atoms with Gasteiger partial charge in [0.15, 0.2) is 0 Å². The van der Waals surface area contributed by atoms with Gasteiger partial charge in [-0.3, -0.25) is 0 Å². The first-order chi connectivity index (χ1) is 9.97. The molecular weight excluding hydrogens is 281 g/mol. The maximum atomic E-state index is 13.5. The lowest BCUT2D eigenvalue weighted by Gasteiger charge is -2.18. The Labute approximate surface area is 120 Å². The molecule has 0 heterocycles. The zero-order valence-electron chi connectivity index (χ0n) is 11.2. The van der Waals surface area contributed by atoms with Gasteiger partial charge in [-0.05, 0) is 18.2 Å². The molecule has 110 valence electrons. The fourth-order valence-electron chi connectivity index (χ4n) is 1.76. The molecule has 0 unspecified atom stereocenters. The number of nitrogens with one attached hydrogen (secondary N) is 1. The average molecular weight is 294 g/mol. The Hall–Kier alpha value is -2.50. The Balaban J connectivity index is 2.04. The topological polar surface area (TPSA) is 32.3 Å². The number of halogens is 3. The van der Waals surface area contributed by atoms with Gasteiger partial charge in [0.25, 0.3) is 0 Å². The summed E-state index contributed by atoms with van der Waals surface area (Å²) in [6, 6.07) is 8.26. The first-order valence-electron chi connectivity index (χ1n) is 6.18. The highest BCUT2D eigenvalue weighted by Gasteiger charge is 2.13. The Bertz CT molecular complexity index is 661. The number of urea groups is 1. The minimum atomic E-state index is -0.873. The molecule has 0 atom stereocenters. The molecule has 0 bridgehead atoms. The summed E-state index contributed by atoms with van der Waals surface area (Å²) in [5.74, 6) is -2.03. The predicted octanol–water partition coefficient (Wildman–Crippen LogP) is 3.77. The lowest BCUT2D eigenvalue weighted by molar-refractivity contribution is 0.220. The molecule has 0 saturated heterocycles. The van der Waals surface area contributed by atoms with E-state index in [9.17, 15) is 18.0 Å². The quantitative estimate of drug-likeness (QED) is 0.918. The Kier molecular flexibility index (Phi) is 4.47. The van der Waals surface area contributed by atoms with Crippen LogP contribution in [0.3, 0.4) is 0 Å². The van der Waals surface area contributed by atoms with E-state index in [1.54, 1.807) is 18.2 Å². The summed E-state index contributed by atoms with van der Waals surface area (Å²) >= 11 is 0. The van der Waals surface area contributed by atoms with Gasteiger partial charge in [-0.25, -0.2) is 18.0 Å². The lowest BCUT2D eigenvalue weighted by Crippen LogP contribution is -2.31. The van der Waals surface area contributed by atoms with Gasteiger partial charge in [-0.2, -0.15) is 0 Å². The van der Waals surface area contributed by atoms with Crippen molar-refractivity contribution in [3.63, 3.8) is 0 Å². The normalized spacial score (nSPS) is 10.3. The first kappa shape index (κ1) is 14.9. The number of amides is 2. The molecule has 3 nitrogen and oxygen atoms in total. The highest BCUT2D eigenvalue weighted by Crippen LogP contribution is 2.16. The number of anilines is 1. The number of carbonyl (C=O) groups is 1. The van der Waals surface area contributed by atoms with E-state index in [1.807, 2.05) is 0 Å². The van der Waals surface area contributed by atoms with Crippen molar-refractivity contribution in [1.29, 1.82) is 0 Å². The van der Waals surface area contributed by atoms with Crippen LogP contribution in [-0.2, 0) is 6.54 Å². The van der Waals surface area contributed by atoms with Gasteiger partial charge in [-0.15, -0.1) is 0 Å². The van der Waals surface area contributed by atoms with Crippen molar-refractivity contribution in [2.24, 2.45) is 0 Å². The zero-order chi connectivity index (χ0) is 15.4. The standard InChI is InChI=1S/C15H13F3N2O/c1-20(9-10-4-2-3-5-12(10)17)15(21)19-14-7-6-11(16)8-13(14)18/h2-8H,9H2,1H3,(H,19,21). The Morgan fingerprint density at radius 3 is 2.48 bits per heavy atom. The van der Waals surface area contributed by atoms with Crippen LogP contribution in [-0.4, -0.2) is 18.0 Å². The summed E-state index contributed by atoms with van der Waals surface area (Å²) in [6.45, 7) is 0.0291. The minimum Gasteiger partial charge on any atom is -0.323 e. The van der Waals surface area contributed by atoms with Gasteiger partial charge in [-0.1, -0.05) is 18.2 Å². The zero-order valence-corrected chi connectivity index (χ0v) is 11.2. The van der Waals surface area contributed by atoms with Crippen molar-refractivity contribution in [1.82, 2.24) is 4.90 Å². The number of rotatable bonds is 3. The molecule has 2 rings (SSSR count). The third kappa shape index (κ3) is 3.75. The Morgan fingerprint density at radius 2 is 1.81 bits per heavy atom. The molecule has 0 saturated carbocycles. The molecule has 0 aliphatic heterocycles. The largest absolute Gasteiger partial charge is 0.323 e. The van der Waals surface area contributed by atoms with Crippen LogP contribution >= 0.6 is 0 Å². The van der Waals surface area contributed by atoms with E-state index >= 15 is 0 Å². The minimum absolute atomic E-state index is 0.0291. The van der Waals surface area contributed by atoms with E-state index in [-0.39, 0.29) is 12.2 Å². The highest BCUT2D eigenvalue weighted by molar-refractivity contribution is 5.89. The third-order valence-electron chi connectivity index (χ3n) is 2.88. The van der Waals surface area contributed by atoms with Crippen LogP contribution < -0.4 is 5.32 Å². The lowest BCUT2D eigenvalue weighted by atomic mass is 10.2. The number of carbonyl (C=O) groups excluding carboxylic acids is 1. The van der Waals surface area contributed by atoms with Gasteiger partial charge >= 0.3 is 6.03 Å². The summed E-state index contributed by atoms with van der Waals surface area (Å²) in [5.41, 5.74) is 0.205. The molecule has 0 fully saturated rings. The summed E-state index contributed by atoms with van der Waals surface area (Å²) in [6.07, 6.45) is 0. The van der Waals surface area contributed by atoms with Crippen LogP contribution in [0, 0.1) is 17.5 Å². The molecule has 0 aliphatic rings. The van der Waals surface area contributed by atoms with E-state index in [2.05, 4.69) is 5.32 Å². The molecule has 6 heteroatoms. The van der Waals surface area contributed by atoms with Crippen LogP contribution in [0.15, 0.2) is 42.5 Å². The SMILES string of the molecule is CN(Cc1ccccc1F)C(=O)Nc1ccc(F)cc1F. The second-order valence-corrected chi connectivity index (χ2v) is 4.50. The van der Waals surface area contributed by atoms with Crippen molar-refractivity contribution in [3.05, 3.63) is 65.5 Å². The van der Waals surface area contributed by atoms with E-state index in [0.717, 1.165) is 12.1 Å². The van der Waals surface area contributed by atoms with Crippen molar-refractivity contribution < 1.29 is 18.0 Å². The third-order valence-corrected chi connectivity index (χ3v) is 2.88. The van der Waals surface area contributed by atoms with E-state index < -0.39 is 23.5 Å². The number of hydrogen-bond donors (Lipinski definition) is 1. The van der Waals surface area contributed by atoms with Crippen LogP contribution in [0.2, 0.25) is 0 Å². The van der Waals surface area contributed by atoms with Crippen molar-refractivity contribution in [2.45, 2.75) is 6.54 Å². The van der Waals surface area contributed by atoms with E-state index in [0.29, 0.717) is 11.6 Å². The van der Waals surface area contributed by atoms with Gasteiger partial charge in [0.1, 0.15) is 17.5 Å². The number of nitrogens with zero attached hydrogens (tertiary/aromatic N) is 1. The van der Waals surface area contributed by atoms with Gasteiger partial charge in [0.05, 0.1) is 5.69 Å². The molecule has 2 aromatic rings. The smallest absolute Gasteiger partial charge is 0.321 e. The monoisotopic (exact) mass is 294 g/mol. The molecule has 21 heavy (non-hydrogen) atoms. The molecule has 0 aliphatic carbocycles. The fourth-order valence-corrected chi connectivity index (χ4v) is 1.76. The number of hydrogen-bond acceptors (Lipinski definition) is 1. The molecule has 1 N–H and O–H groups in total. The molecule has 2 aromatic carbocycles. The summed E-state index contributed by atoms with van der Waals surface area (Å²) in [5, 5.41) is 2.30. The van der Waals surface area contributed by atoms with Crippen molar-refractivity contribution in [3.8, 4) is 0 Å². The second-order valence-electron chi connectivity index (χ2n) is 4.50.